The molecule has 1 N–H and O–H groups in total. The van der Waals surface area contributed by atoms with E-state index in [0.29, 0.717) is 12.5 Å². The van der Waals surface area contributed by atoms with Crippen molar-refractivity contribution in [3.05, 3.63) is 0 Å². The van der Waals surface area contributed by atoms with Gasteiger partial charge in [-0.2, -0.15) is 11.8 Å². The molecule has 1 saturated carbocycles. The molecule has 19 heavy (non-hydrogen) atoms. The second-order valence-electron chi connectivity index (χ2n) is 5.29. The van der Waals surface area contributed by atoms with Gasteiger partial charge in [0.1, 0.15) is 5.54 Å². The lowest BCUT2D eigenvalue weighted by Crippen LogP contribution is -2.54. The molecule has 0 aliphatic heterocycles. The first-order valence-corrected chi connectivity index (χ1v) is 8.80. The van der Waals surface area contributed by atoms with Crippen LogP contribution < -0.4 is 5.32 Å². The Morgan fingerprint density at radius 2 is 2.21 bits per heavy atom. The number of rotatable bonds is 9. The number of esters is 1. The second kappa shape index (κ2) is 8.85. The van der Waals surface area contributed by atoms with Crippen molar-refractivity contribution in [2.24, 2.45) is 5.92 Å². The highest BCUT2D eigenvalue weighted by molar-refractivity contribution is 7.99. The summed E-state index contributed by atoms with van der Waals surface area (Å²) in [5.74, 6) is 2.80. The van der Waals surface area contributed by atoms with E-state index in [1.54, 1.807) is 0 Å². The molecule has 0 aromatic heterocycles. The third-order valence-corrected chi connectivity index (χ3v) is 5.26. The number of carbonyl (C=O) groups excluding carboxylic acids is 1. The summed E-state index contributed by atoms with van der Waals surface area (Å²) < 4.78 is 5.29. The minimum Gasteiger partial charge on any atom is -0.465 e. The summed E-state index contributed by atoms with van der Waals surface area (Å²) >= 11 is 2.02. The minimum absolute atomic E-state index is 0.0430. The van der Waals surface area contributed by atoms with Gasteiger partial charge in [0.25, 0.3) is 0 Å². The van der Waals surface area contributed by atoms with E-state index in [0.717, 1.165) is 31.4 Å². The van der Waals surface area contributed by atoms with E-state index in [-0.39, 0.29) is 5.97 Å². The zero-order chi connectivity index (χ0) is 14.1. The molecule has 1 fully saturated rings. The largest absolute Gasteiger partial charge is 0.465 e. The maximum Gasteiger partial charge on any atom is 0.326 e. The van der Waals surface area contributed by atoms with Gasteiger partial charge in [-0.15, -0.1) is 0 Å². The third kappa shape index (κ3) is 4.38. The topological polar surface area (TPSA) is 38.3 Å². The highest BCUT2D eigenvalue weighted by Gasteiger charge is 2.48. The summed E-state index contributed by atoms with van der Waals surface area (Å²) in [4.78, 5) is 12.3. The Balaban J connectivity index is 2.48. The Morgan fingerprint density at radius 1 is 1.42 bits per heavy atom. The van der Waals surface area contributed by atoms with Gasteiger partial charge in [-0.25, -0.2) is 0 Å². The van der Waals surface area contributed by atoms with E-state index in [4.69, 9.17) is 4.74 Å². The third-order valence-electron chi connectivity index (χ3n) is 4.16. The van der Waals surface area contributed by atoms with Crippen LogP contribution in [0.4, 0.5) is 0 Å². The number of hydrogen-bond acceptors (Lipinski definition) is 4. The first-order chi connectivity index (χ1) is 9.21. The minimum atomic E-state index is -0.415. The number of nitrogens with one attached hydrogen (secondary N) is 1. The van der Waals surface area contributed by atoms with E-state index in [9.17, 15) is 4.79 Å². The van der Waals surface area contributed by atoms with Crippen LogP contribution in [0.5, 0.6) is 0 Å². The highest BCUT2D eigenvalue weighted by Crippen LogP contribution is 2.39. The van der Waals surface area contributed by atoms with Gasteiger partial charge < -0.3 is 10.1 Å². The molecule has 0 aromatic carbocycles. The lowest BCUT2D eigenvalue weighted by molar-refractivity contribution is -0.152. The number of carbonyl (C=O) groups is 1. The Labute approximate surface area is 122 Å². The van der Waals surface area contributed by atoms with Crippen LogP contribution in [0.1, 0.15) is 52.4 Å². The summed E-state index contributed by atoms with van der Waals surface area (Å²) in [6, 6.07) is 0. The lowest BCUT2D eigenvalue weighted by atomic mass is 9.85. The molecule has 0 amide bonds. The standard InChI is InChI=1S/C15H29NO2S/c1-4-6-11-19-12-9-13-8-7-10-15(13,16-3)14(17)18-5-2/h13,16H,4-12H2,1-3H3. The van der Waals surface area contributed by atoms with Crippen molar-refractivity contribution in [2.75, 3.05) is 25.2 Å². The smallest absolute Gasteiger partial charge is 0.326 e. The molecule has 112 valence electrons. The summed E-state index contributed by atoms with van der Waals surface area (Å²) in [7, 11) is 1.90. The molecule has 0 saturated heterocycles. The molecular formula is C15H29NO2S. The molecular weight excluding hydrogens is 258 g/mol. The molecule has 0 radical (unpaired) electrons. The maximum atomic E-state index is 12.3. The van der Waals surface area contributed by atoms with Crippen LogP contribution >= 0.6 is 11.8 Å². The van der Waals surface area contributed by atoms with Crippen molar-refractivity contribution in [3.8, 4) is 0 Å². The lowest BCUT2D eigenvalue weighted by Gasteiger charge is -2.32. The van der Waals surface area contributed by atoms with E-state index in [1.807, 2.05) is 25.7 Å². The average molecular weight is 287 g/mol. The van der Waals surface area contributed by atoms with Crippen LogP contribution in [0, 0.1) is 5.92 Å². The Morgan fingerprint density at radius 3 is 2.84 bits per heavy atom. The molecule has 1 rings (SSSR count). The number of hydrogen-bond donors (Lipinski definition) is 1. The normalized spacial score (nSPS) is 26.6. The molecule has 0 heterocycles. The van der Waals surface area contributed by atoms with E-state index < -0.39 is 5.54 Å². The van der Waals surface area contributed by atoms with Crippen molar-refractivity contribution >= 4 is 17.7 Å². The fourth-order valence-corrected chi connectivity index (χ4v) is 4.15. The molecule has 4 heteroatoms. The molecule has 1 aliphatic rings. The van der Waals surface area contributed by atoms with Crippen LogP contribution in [-0.2, 0) is 9.53 Å². The predicted octanol–water partition coefficient (Wildman–Crippen LogP) is 3.23. The van der Waals surface area contributed by atoms with E-state index in [1.165, 1.54) is 18.6 Å². The van der Waals surface area contributed by atoms with Crippen LogP contribution in [0.25, 0.3) is 0 Å². The number of unbranched alkanes of at least 4 members (excludes halogenated alkanes) is 1. The van der Waals surface area contributed by atoms with Gasteiger partial charge in [-0.1, -0.05) is 19.8 Å². The van der Waals surface area contributed by atoms with Gasteiger partial charge in [0.2, 0.25) is 0 Å². The first-order valence-electron chi connectivity index (χ1n) is 7.65. The SMILES string of the molecule is CCCCSCCC1CCCC1(NC)C(=O)OCC. The van der Waals surface area contributed by atoms with Gasteiger partial charge in [-0.05, 0) is 57.1 Å². The van der Waals surface area contributed by atoms with Gasteiger partial charge in [0.05, 0.1) is 6.61 Å². The number of ether oxygens (including phenoxy) is 1. The van der Waals surface area contributed by atoms with Crippen molar-refractivity contribution < 1.29 is 9.53 Å². The predicted molar refractivity (Wildman–Crippen MR) is 82.6 cm³/mol. The van der Waals surface area contributed by atoms with Gasteiger partial charge in [0, 0.05) is 0 Å². The van der Waals surface area contributed by atoms with Crippen LogP contribution in [0.3, 0.4) is 0 Å². The fraction of sp³-hybridized carbons (Fsp3) is 0.933. The van der Waals surface area contributed by atoms with Gasteiger partial charge in [0.15, 0.2) is 0 Å². The summed E-state index contributed by atoms with van der Waals surface area (Å²) in [6.07, 6.45) is 6.88. The molecule has 0 aromatic rings. The number of likely N-dealkylation sites (N-methyl/N-ethyl adjacent to an activating group) is 1. The zero-order valence-corrected chi connectivity index (χ0v) is 13.5. The first kappa shape index (κ1) is 16.8. The second-order valence-corrected chi connectivity index (χ2v) is 6.51. The monoisotopic (exact) mass is 287 g/mol. The van der Waals surface area contributed by atoms with Crippen LogP contribution in [0.15, 0.2) is 0 Å². The molecule has 0 spiro atoms. The molecule has 2 atom stereocenters. The number of thioether (sulfide) groups is 1. The van der Waals surface area contributed by atoms with Gasteiger partial charge >= 0.3 is 5.97 Å². The Bertz CT molecular complexity index is 273. The molecule has 3 nitrogen and oxygen atoms in total. The van der Waals surface area contributed by atoms with E-state index >= 15 is 0 Å². The van der Waals surface area contributed by atoms with Crippen LogP contribution in [-0.4, -0.2) is 36.7 Å². The van der Waals surface area contributed by atoms with Gasteiger partial charge in [-0.3, -0.25) is 4.79 Å². The van der Waals surface area contributed by atoms with Crippen molar-refractivity contribution in [2.45, 2.75) is 57.9 Å². The fourth-order valence-electron chi connectivity index (χ4n) is 3.00. The van der Waals surface area contributed by atoms with Crippen molar-refractivity contribution in [1.82, 2.24) is 5.32 Å². The zero-order valence-electron chi connectivity index (χ0n) is 12.7. The summed E-state index contributed by atoms with van der Waals surface area (Å²) in [6.45, 7) is 4.58. The maximum absolute atomic E-state index is 12.3. The summed E-state index contributed by atoms with van der Waals surface area (Å²) in [5.41, 5.74) is -0.415. The molecule has 2 unspecified atom stereocenters. The summed E-state index contributed by atoms with van der Waals surface area (Å²) in [5, 5.41) is 3.28. The Kier molecular flexibility index (Phi) is 7.84. The van der Waals surface area contributed by atoms with Crippen molar-refractivity contribution in [1.29, 1.82) is 0 Å². The quantitative estimate of drug-likeness (QED) is 0.522. The Hall–Kier alpha value is -0.220. The average Bonchev–Trinajstić information content (AvgIpc) is 2.83. The highest BCUT2D eigenvalue weighted by atomic mass is 32.2. The van der Waals surface area contributed by atoms with Crippen LogP contribution in [0.2, 0.25) is 0 Å². The van der Waals surface area contributed by atoms with Crippen molar-refractivity contribution in [3.63, 3.8) is 0 Å². The van der Waals surface area contributed by atoms with E-state index in [2.05, 4.69) is 12.2 Å². The molecule has 0 bridgehead atoms. The molecule has 1 aliphatic carbocycles.